The first-order valence-corrected chi connectivity index (χ1v) is 10.5. The number of H-pyrrole nitrogens is 1. The molecule has 7 nitrogen and oxygen atoms in total. The Morgan fingerprint density at radius 2 is 1.64 bits per heavy atom. The van der Waals surface area contributed by atoms with Crippen molar-refractivity contribution in [3.8, 4) is 5.75 Å². The summed E-state index contributed by atoms with van der Waals surface area (Å²) < 4.78 is 11.0. The van der Waals surface area contributed by atoms with Gasteiger partial charge >= 0.3 is 12.1 Å². The monoisotopic (exact) mass is 444 g/mol. The van der Waals surface area contributed by atoms with Crippen LogP contribution in [0.2, 0.25) is 0 Å². The van der Waals surface area contributed by atoms with Crippen molar-refractivity contribution in [1.29, 1.82) is 0 Å². The number of aliphatic carboxylic acids is 1. The second-order valence-corrected chi connectivity index (χ2v) is 7.63. The zero-order chi connectivity index (χ0) is 23.0. The number of carbonyl (C=O) groups is 2. The van der Waals surface area contributed by atoms with E-state index in [9.17, 15) is 14.7 Å². The quantitative estimate of drug-likeness (QED) is 0.348. The fraction of sp³-hybridized carbons (Fsp3) is 0.154. The lowest BCUT2D eigenvalue weighted by atomic mass is 10.1. The van der Waals surface area contributed by atoms with E-state index in [0.717, 1.165) is 27.6 Å². The maximum atomic E-state index is 12.1. The van der Waals surface area contributed by atoms with Gasteiger partial charge in [-0.1, -0.05) is 48.5 Å². The second-order valence-electron chi connectivity index (χ2n) is 7.63. The van der Waals surface area contributed by atoms with Crippen LogP contribution in [-0.2, 0) is 29.2 Å². The molecule has 7 heteroatoms. The Hall–Kier alpha value is -4.26. The number of benzene rings is 3. The average Bonchev–Trinajstić information content (AvgIpc) is 3.30. The first-order chi connectivity index (χ1) is 16.1. The Kier molecular flexibility index (Phi) is 6.90. The van der Waals surface area contributed by atoms with Crippen molar-refractivity contribution >= 4 is 23.0 Å². The number of ether oxygens (including phenoxy) is 2. The van der Waals surface area contributed by atoms with Crippen LogP contribution in [0.25, 0.3) is 10.9 Å². The van der Waals surface area contributed by atoms with Crippen LogP contribution >= 0.6 is 0 Å². The lowest BCUT2D eigenvalue weighted by molar-refractivity contribution is -0.139. The summed E-state index contributed by atoms with van der Waals surface area (Å²) in [5.41, 5.74) is 3.73. The first kappa shape index (κ1) is 22.0. The van der Waals surface area contributed by atoms with E-state index >= 15 is 0 Å². The normalized spacial score (nSPS) is 11.6. The van der Waals surface area contributed by atoms with E-state index < -0.39 is 18.1 Å². The highest BCUT2D eigenvalue weighted by Crippen LogP contribution is 2.18. The van der Waals surface area contributed by atoms with E-state index in [1.165, 1.54) is 0 Å². The summed E-state index contributed by atoms with van der Waals surface area (Å²) in [5.74, 6) is -0.417. The second kappa shape index (κ2) is 10.4. The van der Waals surface area contributed by atoms with Gasteiger partial charge in [-0.15, -0.1) is 0 Å². The third-order valence-electron chi connectivity index (χ3n) is 5.19. The summed E-state index contributed by atoms with van der Waals surface area (Å²) in [6.45, 7) is 0.464. The fourth-order valence-corrected chi connectivity index (χ4v) is 3.42. The predicted octanol–water partition coefficient (Wildman–Crippen LogP) is 4.67. The van der Waals surface area contributed by atoms with Crippen LogP contribution in [-0.4, -0.2) is 28.2 Å². The van der Waals surface area contributed by atoms with Gasteiger partial charge in [0.2, 0.25) is 0 Å². The maximum absolute atomic E-state index is 12.1. The van der Waals surface area contributed by atoms with E-state index in [1.54, 1.807) is 24.3 Å². The summed E-state index contributed by atoms with van der Waals surface area (Å²) in [6, 6.07) is 23.4. The Bertz CT molecular complexity index is 1220. The first-order valence-electron chi connectivity index (χ1n) is 10.5. The molecule has 0 saturated carbocycles. The van der Waals surface area contributed by atoms with Crippen LogP contribution in [0.1, 0.15) is 16.7 Å². The van der Waals surface area contributed by atoms with Crippen molar-refractivity contribution in [3.63, 3.8) is 0 Å². The molecule has 1 amide bonds. The van der Waals surface area contributed by atoms with Gasteiger partial charge in [0.15, 0.2) is 0 Å². The maximum Gasteiger partial charge on any atom is 0.408 e. The fourth-order valence-electron chi connectivity index (χ4n) is 3.42. The van der Waals surface area contributed by atoms with E-state index in [1.807, 2.05) is 54.7 Å². The largest absolute Gasteiger partial charge is 0.489 e. The number of amides is 1. The molecule has 4 rings (SSSR count). The third kappa shape index (κ3) is 6.13. The number of hydrogen-bond acceptors (Lipinski definition) is 4. The summed E-state index contributed by atoms with van der Waals surface area (Å²) in [4.78, 5) is 26.7. The average molecular weight is 444 g/mol. The van der Waals surface area contributed by atoms with Crippen LogP contribution in [0.3, 0.4) is 0 Å². The van der Waals surface area contributed by atoms with Crippen LogP contribution < -0.4 is 10.1 Å². The summed E-state index contributed by atoms with van der Waals surface area (Å²) in [5, 5.41) is 12.9. The molecule has 0 aliphatic rings. The van der Waals surface area contributed by atoms with Crippen LogP contribution in [0, 0.1) is 0 Å². The molecule has 0 bridgehead atoms. The molecule has 168 valence electrons. The van der Waals surface area contributed by atoms with E-state index in [4.69, 9.17) is 9.47 Å². The number of nitrogens with one attached hydrogen (secondary N) is 2. The summed E-state index contributed by atoms with van der Waals surface area (Å²) in [7, 11) is 0. The van der Waals surface area contributed by atoms with Crippen molar-refractivity contribution < 1.29 is 24.2 Å². The molecule has 1 aromatic heterocycles. The number of alkyl carbamates (subject to hydrolysis) is 1. The molecule has 0 saturated heterocycles. The Balaban J connectivity index is 1.25. The number of aromatic nitrogens is 1. The Labute approximate surface area is 191 Å². The molecule has 1 unspecified atom stereocenters. The minimum Gasteiger partial charge on any atom is -0.489 e. The molecule has 0 aliphatic carbocycles. The molecule has 3 aromatic carbocycles. The van der Waals surface area contributed by atoms with Crippen LogP contribution in [0.5, 0.6) is 5.75 Å². The molecule has 0 aliphatic heterocycles. The van der Waals surface area contributed by atoms with E-state index in [0.29, 0.717) is 12.4 Å². The predicted molar refractivity (Wildman–Crippen MR) is 124 cm³/mol. The molecule has 33 heavy (non-hydrogen) atoms. The smallest absolute Gasteiger partial charge is 0.408 e. The topological polar surface area (TPSA) is 101 Å². The van der Waals surface area contributed by atoms with Crippen molar-refractivity contribution in [2.45, 2.75) is 25.7 Å². The molecular weight excluding hydrogens is 420 g/mol. The highest BCUT2D eigenvalue weighted by atomic mass is 16.5. The molecule has 0 spiro atoms. The van der Waals surface area contributed by atoms with Gasteiger partial charge in [0, 0.05) is 18.1 Å². The summed E-state index contributed by atoms with van der Waals surface area (Å²) >= 11 is 0. The van der Waals surface area contributed by atoms with Gasteiger partial charge in [-0.05, 0) is 52.4 Å². The van der Waals surface area contributed by atoms with Gasteiger partial charge in [-0.3, -0.25) is 0 Å². The van der Waals surface area contributed by atoms with Gasteiger partial charge in [0.25, 0.3) is 0 Å². The Morgan fingerprint density at radius 3 is 2.39 bits per heavy atom. The number of carboxylic acid groups (broad SMARTS) is 1. The zero-order valence-corrected chi connectivity index (χ0v) is 17.9. The standard InChI is InChI=1S/C26H24N2O5/c29-25(30)24(15-18-4-2-1-3-5-18)28-26(31)33-16-19-6-9-22(10-7-19)32-17-20-8-11-23-21(14-20)12-13-27-23/h1-14,24,27H,15-17H2,(H,28,31)(H,29,30). The number of carboxylic acids is 1. The van der Waals surface area contributed by atoms with Crippen LogP contribution in [0.15, 0.2) is 85.1 Å². The Morgan fingerprint density at radius 1 is 0.879 bits per heavy atom. The van der Waals surface area contributed by atoms with Gasteiger partial charge < -0.3 is 24.9 Å². The third-order valence-corrected chi connectivity index (χ3v) is 5.19. The van der Waals surface area contributed by atoms with E-state index in [2.05, 4.69) is 16.4 Å². The molecule has 3 N–H and O–H groups in total. The number of carbonyl (C=O) groups excluding carboxylic acids is 1. The lowest BCUT2D eigenvalue weighted by Crippen LogP contribution is -2.42. The number of fused-ring (bicyclic) bond motifs is 1. The van der Waals surface area contributed by atoms with Gasteiger partial charge in [0.1, 0.15) is 25.0 Å². The van der Waals surface area contributed by atoms with Crippen LogP contribution in [0.4, 0.5) is 4.79 Å². The minimum absolute atomic E-state index is 0.0218. The van der Waals surface area contributed by atoms with E-state index in [-0.39, 0.29) is 13.0 Å². The minimum atomic E-state index is -1.12. The molecule has 0 fully saturated rings. The number of aromatic amines is 1. The zero-order valence-electron chi connectivity index (χ0n) is 17.9. The molecule has 1 heterocycles. The van der Waals surface area contributed by atoms with Crippen molar-refractivity contribution in [1.82, 2.24) is 10.3 Å². The molecule has 4 aromatic rings. The van der Waals surface area contributed by atoms with Crippen molar-refractivity contribution in [3.05, 3.63) is 102 Å². The molecular formula is C26H24N2O5. The number of hydrogen-bond donors (Lipinski definition) is 3. The number of rotatable bonds is 9. The SMILES string of the molecule is O=C(NC(Cc1ccccc1)C(=O)O)OCc1ccc(OCc2ccc3[nH]ccc3c2)cc1. The summed E-state index contributed by atoms with van der Waals surface area (Å²) in [6.07, 6.45) is 1.30. The van der Waals surface area contributed by atoms with Gasteiger partial charge in [0.05, 0.1) is 0 Å². The molecule has 1 atom stereocenters. The highest BCUT2D eigenvalue weighted by molar-refractivity contribution is 5.80. The highest BCUT2D eigenvalue weighted by Gasteiger charge is 2.21. The van der Waals surface area contributed by atoms with Crippen molar-refractivity contribution in [2.24, 2.45) is 0 Å². The molecule has 0 radical (unpaired) electrons. The lowest BCUT2D eigenvalue weighted by Gasteiger charge is -2.15. The van der Waals surface area contributed by atoms with Gasteiger partial charge in [-0.2, -0.15) is 0 Å². The van der Waals surface area contributed by atoms with Crippen molar-refractivity contribution in [2.75, 3.05) is 0 Å². The van der Waals surface area contributed by atoms with Gasteiger partial charge in [-0.25, -0.2) is 9.59 Å².